The second kappa shape index (κ2) is 6.67. The highest BCUT2D eigenvalue weighted by Crippen LogP contribution is 2.25. The predicted octanol–water partition coefficient (Wildman–Crippen LogP) is 1.69. The van der Waals surface area contributed by atoms with Crippen LogP contribution >= 0.6 is 0 Å². The number of aryl methyl sites for hydroxylation is 1. The first-order valence-electron chi connectivity index (χ1n) is 6.02. The standard InChI is InChI=1S/C12H17N3O4/c1-4-14(8-11(16)19-5-2)12-10(15(17)18)7-6-9(3)13-12/h6-7H,4-5,8H2,1-3H3. The molecule has 19 heavy (non-hydrogen) atoms. The summed E-state index contributed by atoms with van der Waals surface area (Å²) >= 11 is 0. The first kappa shape index (κ1) is 14.9. The Morgan fingerprint density at radius 3 is 2.68 bits per heavy atom. The molecule has 7 nitrogen and oxygen atoms in total. The van der Waals surface area contributed by atoms with E-state index < -0.39 is 10.9 Å². The van der Waals surface area contributed by atoms with Crippen LogP contribution in [0.3, 0.4) is 0 Å². The maximum absolute atomic E-state index is 11.5. The Labute approximate surface area is 111 Å². The third kappa shape index (κ3) is 3.90. The molecule has 1 rings (SSSR count). The number of pyridine rings is 1. The zero-order valence-electron chi connectivity index (χ0n) is 11.3. The molecule has 104 valence electrons. The van der Waals surface area contributed by atoms with Gasteiger partial charge in [0.25, 0.3) is 0 Å². The number of nitrogens with zero attached hydrogens (tertiary/aromatic N) is 3. The molecule has 0 saturated heterocycles. The summed E-state index contributed by atoms with van der Waals surface area (Å²) in [6.07, 6.45) is 0. The molecule has 0 spiro atoms. The molecule has 0 atom stereocenters. The van der Waals surface area contributed by atoms with Gasteiger partial charge in [-0.25, -0.2) is 4.98 Å². The van der Waals surface area contributed by atoms with Crippen LogP contribution in [0.4, 0.5) is 11.5 Å². The van der Waals surface area contributed by atoms with Crippen LogP contribution in [0.2, 0.25) is 0 Å². The van der Waals surface area contributed by atoms with Gasteiger partial charge in [0, 0.05) is 18.3 Å². The molecule has 0 aromatic carbocycles. The van der Waals surface area contributed by atoms with E-state index in [9.17, 15) is 14.9 Å². The molecule has 1 aromatic heterocycles. The Morgan fingerprint density at radius 1 is 1.47 bits per heavy atom. The smallest absolute Gasteiger partial charge is 0.325 e. The fourth-order valence-electron chi connectivity index (χ4n) is 1.61. The maximum Gasteiger partial charge on any atom is 0.325 e. The van der Waals surface area contributed by atoms with Crippen molar-refractivity contribution in [3.05, 3.63) is 27.9 Å². The lowest BCUT2D eigenvalue weighted by Crippen LogP contribution is -2.32. The van der Waals surface area contributed by atoms with E-state index in [1.54, 1.807) is 26.8 Å². The Kier molecular flexibility index (Phi) is 5.23. The summed E-state index contributed by atoms with van der Waals surface area (Å²) in [5.74, 6) is -0.234. The molecule has 0 aliphatic rings. The van der Waals surface area contributed by atoms with E-state index in [-0.39, 0.29) is 24.7 Å². The molecule has 0 aliphatic heterocycles. The fourth-order valence-corrected chi connectivity index (χ4v) is 1.61. The average molecular weight is 267 g/mol. The van der Waals surface area contributed by atoms with Crippen LogP contribution in [-0.2, 0) is 9.53 Å². The molecule has 0 bridgehead atoms. The van der Waals surface area contributed by atoms with Crippen LogP contribution in [0.15, 0.2) is 12.1 Å². The summed E-state index contributed by atoms with van der Waals surface area (Å²) in [4.78, 5) is 27.7. The minimum atomic E-state index is -0.504. The monoisotopic (exact) mass is 267 g/mol. The number of rotatable bonds is 6. The normalized spacial score (nSPS) is 10.1. The SMILES string of the molecule is CCOC(=O)CN(CC)c1nc(C)ccc1[N+](=O)[O-]. The van der Waals surface area contributed by atoms with Gasteiger partial charge in [0.05, 0.1) is 11.5 Å². The summed E-state index contributed by atoms with van der Waals surface area (Å²) in [6, 6.07) is 2.96. The van der Waals surface area contributed by atoms with E-state index in [2.05, 4.69) is 4.98 Å². The van der Waals surface area contributed by atoms with Crippen LogP contribution in [0.5, 0.6) is 0 Å². The van der Waals surface area contributed by atoms with Gasteiger partial charge in [-0.2, -0.15) is 0 Å². The molecule has 1 aromatic rings. The number of likely N-dealkylation sites (N-methyl/N-ethyl adjacent to an activating group) is 1. The highest BCUT2D eigenvalue weighted by molar-refractivity contribution is 5.76. The summed E-state index contributed by atoms with van der Waals surface area (Å²) in [5, 5.41) is 11.0. The van der Waals surface area contributed by atoms with Crippen molar-refractivity contribution in [1.82, 2.24) is 4.98 Å². The van der Waals surface area contributed by atoms with E-state index in [1.807, 2.05) is 0 Å². The number of carbonyl (C=O) groups excluding carboxylic acids is 1. The number of carbonyl (C=O) groups is 1. The van der Waals surface area contributed by atoms with Gasteiger partial charge in [0.1, 0.15) is 6.54 Å². The van der Waals surface area contributed by atoms with Gasteiger partial charge in [-0.15, -0.1) is 0 Å². The van der Waals surface area contributed by atoms with E-state index in [1.165, 1.54) is 11.0 Å². The Bertz CT molecular complexity index is 476. The first-order valence-corrected chi connectivity index (χ1v) is 6.02. The molecule has 0 amide bonds. The van der Waals surface area contributed by atoms with Crippen LogP contribution in [-0.4, -0.2) is 35.6 Å². The summed E-state index contributed by atoms with van der Waals surface area (Å²) in [7, 11) is 0. The Morgan fingerprint density at radius 2 is 2.16 bits per heavy atom. The molecule has 7 heteroatoms. The largest absolute Gasteiger partial charge is 0.465 e. The summed E-state index contributed by atoms with van der Waals surface area (Å²) in [5.41, 5.74) is 0.541. The molecule has 0 radical (unpaired) electrons. The van der Waals surface area contributed by atoms with Crippen LogP contribution < -0.4 is 4.90 Å². The third-order valence-electron chi connectivity index (χ3n) is 2.50. The number of esters is 1. The van der Waals surface area contributed by atoms with Crippen LogP contribution in [0, 0.1) is 17.0 Å². The van der Waals surface area contributed by atoms with Crippen molar-refractivity contribution < 1.29 is 14.5 Å². The number of anilines is 1. The summed E-state index contributed by atoms with van der Waals surface area (Å²) < 4.78 is 4.85. The zero-order chi connectivity index (χ0) is 14.4. The minimum Gasteiger partial charge on any atom is -0.465 e. The van der Waals surface area contributed by atoms with E-state index in [4.69, 9.17) is 4.74 Å². The number of aromatic nitrogens is 1. The Balaban J connectivity index is 3.06. The lowest BCUT2D eigenvalue weighted by atomic mass is 10.3. The molecule has 0 unspecified atom stereocenters. The van der Waals surface area contributed by atoms with E-state index in [0.29, 0.717) is 12.2 Å². The molecule has 0 N–H and O–H groups in total. The quantitative estimate of drug-likeness (QED) is 0.443. The predicted molar refractivity (Wildman–Crippen MR) is 70.1 cm³/mol. The van der Waals surface area contributed by atoms with Gasteiger partial charge < -0.3 is 9.64 Å². The average Bonchev–Trinajstić information content (AvgIpc) is 2.35. The number of nitro groups is 1. The Hall–Kier alpha value is -2.18. The van der Waals surface area contributed by atoms with Crippen molar-refractivity contribution in [2.75, 3.05) is 24.6 Å². The van der Waals surface area contributed by atoms with Gasteiger partial charge in [0.15, 0.2) is 0 Å². The highest BCUT2D eigenvalue weighted by atomic mass is 16.6. The lowest BCUT2D eigenvalue weighted by molar-refractivity contribution is -0.384. The maximum atomic E-state index is 11.5. The van der Waals surface area contributed by atoms with E-state index >= 15 is 0 Å². The lowest BCUT2D eigenvalue weighted by Gasteiger charge is -2.20. The fraction of sp³-hybridized carbons (Fsp3) is 0.500. The van der Waals surface area contributed by atoms with Crippen LogP contribution in [0.25, 0.3) is 0 Å². The van der Waals surface area contributed by atoms with E-state index in [0.717, 1.165) is 0 Å². The van der Waals surface area contributed by atoms with Gasteiger partial charge in [0.2, 0.25) is 5.82 Å². The summed E-state index contributed by atoms with van der Waals surface area (Å²) in [6.45, 7) is 5.90. The van der Waals surface area contributed by atoms with Gasteiger partial charge in [-0.3, -0.25) is 14.9 Å². The van der Waals surface area contributed by atoms with Crippen molar-refractivity contribution in [3.8, 4) is 0 Å². The number of ether oxygens (including phenoxy) is 1. The van der Waals surface area contributed by atoms with Gasteiger partial charge >= 0.3 is 11.7 Å². The van der Waals surface area contributed by atoms with Crippen molar-refractivity contribution >= 4 is 17.5 Å². The van der Waals surface area contributed by atoms with Crippen molar-refractivity contribution in [2.24, 2.45) is 0 Å². The highest BCUT2D eigenvalue weighted by Gasteiger charge is 2.22. The molecular formula is C12H17N3O4. The molecule has 0 aliphatic carbocycles. The topological polar surface area (TPSA) is 85.6 Å². The molecule has 0 saturated carbocycles. The number of hydrogen-bond donors (Lipinski definition) is 0. The van der Waals surface area contributed by atoms with Crippen molar-refractivity contribution in [1.29, 1.82) is 0 Å². The second-order valence-corrected chi connectivity index (χ2v) is 3.87. The first-order chi connectivity index (χ1) is 8.99. The van der Waals surface area contributed by atoms with Crippen LogP contribution in [0.1, 0.15) is 19.5 Å². The molecular weight excluding hydrogens is 250 g/mol. The third-order valence-corrected chi connectivity index (χ3v) is 2.50. The van der Waals surface area contributed by atoms with Gasteiger partial charge in [-0.05, 0) is 26.8 Å². The number of hydrogen-bond acceptors (Lipinski definition) is 6. The minimum absolute atomic E-state index is 0.0539. The molecule has 0 fully saturated rings. The van der Waals surface area contributed by atoms with Crippen molar-refractivity contribution in [2.45, 2.75) is 20.8 Å². The van der Waals surface area contributed by atoms with Crippen molar-refractivity contribution in [3.63, 3.8) is 0 Å². The zero-order valence-corrected chi connectivity index (χ0v) is 11.3. The molecule has 1 heterocycles. The van der Waals surface area contributed by atoms with Gasteiger partial charge in [-0.1, -0.05) is 0 Å². The second-order valence-electron chi connectivity index (χ2n) is 3.87.